The summed E-state index contributed by atoms with van der Waals surface area (Å²) in [5.74, 6) is 0. The van der Waals surface area contributed by atoms with Crippen molar-refractivity contribution >= 4 is 33.1 Å². The van der Waals surface area contributed by atoms with Crippen molar-refractivity contribution in [2.75, 3.05) is 0 Å². The maximum absolute atomic E-state index is 6.26. The fraction of sp³-hybridized carbons (Fsp3) is 0.583. The normalized spacial score (nSPS) is 21.7. The Hall–Kier alpha value is -0.280. The summed E-state index contributed by atoms with van der Waals surface area (Å²) >= 11 is 9.83. The van der Waals surface area contributed by atoms with E-state index in [0.717, 1.165) is 23.9 Å². The lowest BCUT2D eigenvalue weighted by atomic mass is 10.1. The molecule has 1 aliphatic rings. The first-order valence-corrected chi connectivity index (χ1v) is 7.01. The summed E-state index contributed by atoms with van der Waals surface area (Å²) in [5.41, 5.74) is 2.54. The molecule has 0 spiro atoms. The van der Waals surface area contributed by atoms with E-state index in [-0.39, 0.29) is 5.38 Å². The minimum absolute atomic E-state index is 0.171. The van der Waals surface area contributed by atoms with Crippen LogP contribution in [0.1, 0.15) is 38.3 Å². The van der Waals surface area contributed by atoms with Crippen molar-refractivity contribution < 1.29 is 0 Å². The number of hydrogen-bond donors (Lipinski definition) is 0. The second kappa shape index (κ2) is 5.37. The number of rotatable bonds is 2. The highest BCUT2D eigenvalue weighted by Crippen LogP contribution is 2.32. The van der Waals surface area contributed by atoms with Crippen LogP contribution in [0, 0.1) is 0 Å². The molecule has 4 heteroatoms. The van der Waals surface area contributed by atoms with Crippen LogP contribution in [-0.4, -0.2) is 15.2 Å². The molecule has 1 aromatic heterocycles. The van der Waals surface area contributed by atoms with Gasteiger partial charge in [0.25, 0.3) is 0 Å². The maximum Gasteiger partial charge on any atom is 0.0781 e. The molecule has 1 unspecified atom stereocenters. The molecule has 1 aromatic rings. The monoisotopic (exact) mass is 302 g/mol. The van der Waals surface area contributed by atoms with E-state index in [2.05, 4.69) is 34.0 Å². The second-order valence-electron chi connectivity index (χ2n) is 4.11. The smallest absolute Gasteiger partial charge is 0.0781 e. The highest BCUT2D eigenvalue weighted by Gasteiger charge is 2.16. The molecule has 0 saturated heterocycles. The van der Waals surface area contributed by atoms with Gasteiger partial charge in [0.2, 0.25) is 0 Å². The Bertz CT molecular complexity index is 398. The standard InChI is InChI=1S/C12H16BrClN2/c1-2-16-12(11(13)8-15-16)9-5-3-4-6-10(14)7-9/h7-8,10H,2-6H2,1H3. The topological polar surface area (TPSA) is 17.8 Å². The minimum Gasteiger partial charge on any atom is -0.264 e. The van der Waals surface area contributed by atoms with E-state index in [4.69, 9.17) is 11.6 Å². The number of nitrogens with zero attached hydrogens (tertiary/aromatic N) is 2. The molecule has 88 valence electrons. The van der Waals surface area contributed by atoms with Crippen LogP contribution in [0.3, 0.4) is 0 Å². The summed E-state index contributed by atoms with van der Waals surface area (Å²) in [7, 11) is 0. The molecule has 1 aliphatic carbocycles. The van der Waals surface area contributed by atoms with Gasteiger partial charge < -0.3 is 0 Å². The maximum atomic E-state index is 6.26. The molecule has 2 nitrogen and oxygen atoms in total. The lowest BCUT2D eigenvalue weighted by Crippen LogP contribution is -2.03. The van der Waals surface area contributed by atoms with Crippen LogP contribution >= 0.6 is 27.5 Å². The molecular formula is C12H16BrClN2. The van der Waals surface area contributed by atoms with Crippen molar-refractivity contribution in [1.29, 1.82) is 0 Å². The molecule has 0 saturated carbocycles. The van der Waals surface area contributed by atoms with Crippen molar-refractivity contribution in [3.05, 3.63) is 22.4 Å². The van der Waals surface area contributed by atoms with Gasteiger partial charge in [-0.25, -0.2) is 0 Å². The van der Waals surface area contributed by atoms with Crippen molar-refractivity contribution in [3.63, 3.8) is 0 Å². The lowest BCUT2D eigenvalue weighted by Gasteiger charge is -2.09. The Labute approximate surface area is 110 Å². The average Bonchev–Trinajstić information content (AvgIpc) is 2.50. The molecule has 0 bridgehead atoms. The number of aryl methyl sites for hydroxylation is 1. The van der Waals surface area contributed by atoms with E-state index in [1.54, 1.807) is 0 Å². The first-order valence-electron chi connectivity index (χ1n) is 5.78. The zero-order chi connectivity index (χ0) is 11.5. The van der Waals surface area contributed by atoms with E-state index in [9.17, 15) is 0 Å². The summed E-state index contributed by atoms with van der Waals surface area (Å²) in [6.07, 6.45) is 8.69. The lowest BCUT2D eigenvalue weighted by molar-refractivity contribution is 0.647. The molecule has 0 aliphatic heterocycles. The number of halogens is 2. The third-order valence-electron chi connectivity index (χ3n) is 2.96. The van der Waals surface area contributed by atoms with Gasteiger partial charge in [0, 0.05) is 6.54 Å². The first-order chi connectivity index (χ1) is 7.72. The third-order valence-corrected chi connectivity index (χ3v) is 3.88. The van der Waals surface area contributed by atoms with Crippen molar-refractivity contribution in [2.24, 2.45) is 0 Å². The average molecular weight is 304 g/mol. The zero-order valence-corrected chi connectivity index (χ0v) is 11.8. The number of allylic oxidation sites excluding steroid dienone is 2. The van der Waals surface area contributed by atoms with E-state index in [0.29, 0.717) is 0 Å². The third kappa shape index (κ3) is 2.51. The van der Waals surface area contributed by atoms with Crippen LogP contribution in [0.2, 0.25) is 0 Å². The summed E-state index contributed by atoms with van der Waals surface area (Å²) in [6.45, 7) is 3.00. The highest BCUT2D eigenvalue weighted by molar-refractivity contribution is 9.10. The molecule has 1 heterocycles. The SMILES string of the molecule is CCn1ncc(Br)c1C1=CC(Cl)CCCC1. The van der Waals surface area contributed by atoms with Gasteiger partial charge in [0.05, 0.1) is 21.7 Å². The summed E-state index contributed by atoms with van der Waals surface area (Å²) in [5, 5.41) is 4.52. The molecular weight excluding hydrogens is 288 g/mol. The van der Waals surface area contributed by atoms with Gasteiger partial charge in [0.1, 0.15) is 0 Å². The second-order valence-corrected chi connectivity index (χ2v) is 5.53. The van der Waals surface area contributed by atoms with Crippen molar-refractivity contribution in [1.82, 2.24) is 9.78 Å². The van der Waals surface area contributed by atoms with E-state index >= 15 is 0 Å². The molecule has 0 amide bonds. The summed E-state index contributed by atoms with van der Waals surface area (Å²) in [6, 6.07) is 0. The Kier molecular flexibility index (Phi) is 4.09. The van der Waals surface area contributed by atoms with Gasteiger partial charge >= 0.3 is 0 Å². The first kappa shape index (κ1) is 12.2. The van der Waals surface area contributed by atoms with E-state index in [1.165, 1.54) is 24.1 Å². The van der Waals surface area contributed by atoms with Gasteiger partial charge in [-0.2, -0.15) is 5.10 Å². The van der Waals surface area contributed by atoms with Crippen molar-refractivity contribution in [2.45, 2.75) is 44.5 Å². The van der Waals surface area contributed by atoms with Crippen LogP contribution in [0.25, 0.3) is 5.57 Å². The molecule has 1 atom stereocenters. The number of alkyl halides is 1. The van der Waals surface area contributed by atoms with Crippen LogP contribution in [0.15, 0.2) is 16.7 Å². The molecule has 16 heavy (non-hydrogen) atoms. The zero-order valence-electron chi connectivity index (χ0n) is 9.42. The molecule has 0 N–H and O–H groups in total. The van der Waals surface area contributed by atoms with Gasteiger partial charge in [-0.3, -0.25) is 4.68 Å². The van der Waals surface area contributed by atoms with Crippen LogP contribution < -0.4 is 0 Å². The van der Waals surface area contributed by atoms with E-state index in [1.807, 2.05) is 10.9 Å². The molecule has 0 aromatic carbocycles. The largest absolute Gasteiger partial charge is 0.264 e. The van der Waals surface area contributed by atoms with Crippen molar-refractivity contribution in [3.8, 4) is 0 Å². The van der Waals surface area contributed by atoms with E-state index < -0.39 is 0 Å². The van der Waals surface area contributed by atoms with Gasteiger partial charge in [0.15, 0.2) is 0 Å². The summed E-state index contributed by atoms with van der Waals surface area (Å²) in [4.78, 5) is 0. The van der Waals surface area contributed by atoms with Crippen LogP contribution in [0.4, 0.5) is 0 Å². The molecule has 0 fully saturated rings. The van der Waals surface area contributed by atoms with Crippen LogP contribution in [0.5, 0.6) is 0 Å². The Morgan fingerprint density at radius 2 is 2.38 bits per heavy atom. The highest BCUT2D eigenvalue weighted by atomic mass is 79.9. The predicted octanol–water partition coefficient (Wildman–Crippen LogP) is 4.23. The quantitative estimate of drug-likeness (QED) is 0.748. The number of hydrogen-bond acceptors (Lipinski definition) is 1. The van der Waals surface area contributed by atoms with Gasteiger partial charge in [-0.05, 0) is 47.7 Å². The number of aromatic nitrogens is 2. The van der Waals surface area contributed by atoms with Gasteiger partial charge in [-0.15, -0.1) is 11.6 Å². The molecule has 0 radical (unpaired) electrons. The fourth-order valence-corrected chi connectivity index (χ4v) is 3.02. The van der Waals surface area contributed by atoms with Crippen LogP contribution in [-0.2, 0) is 6.54 Å². The Morgan fingerprint density at radius 1 is 1.56 bits per heavy atom. The predicted molar refractivity (Wildman–Crippen MR) is 71.7 cm³/mol. The Balaban J connectivity index is 2.37. The fourth-order valence-electron chi connectivity index (χ4n) is 2.16. The minimum atomic E-state index is 0.171. The summed E-state index contributed by atoms with van der Waals surface area (Å²) < 4.78 is 3.11. The van der Waals surface area contributed by atoms with Gasteiger partial charge in [-0.1, -0.05) is 12.5 Å². The Morgan fingerprint density at radius 3 is 3.12 bits per heavy atom. The molecule has 2 rings (SSSR count).